The van der Waals surface area contributed by atoms with Crippen LogP contribution in [-0.2, 0) is 0 Å². The Labute approximate surface area is 361 Å². The van der Waals surface area contributed by atoms with Crippen LogP contribution in [0.4, 0.5) is 0 Å². The zero-order chi connectivity index (χ0) is 40.9. The summed E-state index contributed by atoms with van der Waals surface area (Å²) in [4.78, 5) is 0. The van der Waals surface area contributed by atoms with Gasteiger partial charge in [0.1, 0.15) is 8.07 Å². The molecule has 0 nitrogen and oxygen atoms in total. The SMILES string of the molecule is C[Si](c1ccc2ccccc2c1)(c1cccc2c(-c3c4ccccc4c(-c4ccc5ccccc5c4)c4ccccc34)cccc12)c1ccc2ccc3cccc4ccc1c2c34. The van der Waals surface area contributed by atoms with Gasteiger partial charge in [0.15, 0.2) is 0 Å². The average molecular weight is 801 g/mol. The van der Waals surface area contributed by atoms with E-state index in [0.717, 1.165) is 0 Å². The molecule has 1 atom stereocenters. The highest BCUT2D eigenvalue weighted by Gasteiger charge is 2.38. The molecule has 288 valence electrons. The molecule has 0 fully saturated rings. The van der Waals surface area contributed by atoms with Gasteiger partial charge in [-0.25, -0.2) is 0 Å². The molecule has 13 rings (SSSR count). The number of rotatable bonds is 5. The van der Waals surface area contributed by atoms with Crippen molar-refractivity contribution in [2.24, 2.45) is 0 Å². The molecule has 0 amide bonds. The van der Waals surface area contributed by atoms with E-state index in [0.29, 0.717) is 0 Å². The van der Waals surface area contributed by atoms with Crippen molar-refractivity contribution in [3.05, 3.63) is 224 Å². The van der Waals surface area contributed by atoms with Gasteiger partial charge in [-0.15, -0.1) is 0 Å². The first-order chi connectivity index (χ1) is 30.6. The highest BCUT2D eigenvalue weighted by atomic mass is 28.3. The second kappa shape index (κ2) is 13.5. The predicted octanol–water partition coefficient (Wildman–Crippen LogP) is 14.8. The normalized spacial score (nSPS) is 13.0. The number of hydrogen-bond donors (Lipinski definition) is 0. The van der Waals surface area contributed by atoms with Gasteiger partial charge < -0.3 is 0 Å². The average Bonchev–Trinajstić information content (AvgIpc) is 3.34. The van der Waals surface area contributed by atoms with Gasteiger partial charge in [-0.2, -0.15) is 0 Å². The summed E-state index contributed by atoms with van der Waals surface area (Å²) in [6.07, 6.45) is 0. The molecule has 13 aromatic carbocycles. The zero-order valence-corrected chi connectivity index (χ0v) is 35.4. The van der Waals surface area contributed by atoms with E-state index in [-0.39, 0.29) is 0 Å². The summed E-state index contributed by atoms with van der Waals surface area (Å²) >= 11 is 0. The van der Waals surface area contributed by atoms with Crippen molar-refractivity contribution in [3.8, 4) is 22.3 Å². The second-order valence-electron chi connectivity index (χ2n) is 17.3. The third kappa shape index (κ3) is 5.06. The largest absolute Gasteiger partial charge is 0.147 e. The Hall–Kier alpha value is -7.58. The van der Waals surface area contributed by atoms with E-state index >= 15 is 0 Å². The summed E-state index contributed by atoms with van der Waals surface area (Å²) < 4.78 is 0. The quantitative estimate of drug-likeness (QED) is 0.0704. The Kier molecular flexibility index (Phi) is 7.64. The van der Waals surface area contributed by atoms with Gasteiger partial charge in [0.05, 0.1) is 0 Å². The van der Waals surface area contributed by atoms with Gasteiger partial charge in [0.25, 0.3) is 0 Å². The van der Waals surface area contributed by atoms with E-state index < -0.39 is 8.07 Å². The van der Waals surface area contributed by atoms with Crippen molar-refractivity contribution < 1.29 is 0 Å². The Bertz CT molecular complexity index is 3880. The molecule has 1 unspecified atom stereocenters. The molecule has 1 heteroatoms. The molecule has 0 aromatic heterocycles. The van der Waals surface area contributed by atoms with Crippen LogP contribution in [0.3, 0.4) is 0 Å². The minimum atomic E-state index is -2.76. The maximum absolute atomic E-state index is 2.76. The minimum absolute atomic E-state index is 1.24. The maximum atomic E-state index is 2.61. The maximum Gasteiger partial charge on any atom is 0.147 e. The van der Waals surface area contributed by atoms with Crippen LogP contribution >= 0.6 is 0 Å². The van der Waals surface area contributed by atoms with E-state index in [1.54, 1.807) is 0 Å². The number of benzene rings is 13. The summed E-state index contributed by atoms with van der Waals surface area (Å²) in [6.45, 7) is 2.61. The molecular weight excluding hydrogens is 761 g/mol. The smallest absolute Gasteiger partial charge is 0.0617 e. The molecule has 13 aromatic rings. The van der Waals surface area contributed by atoms with Crippen molar-refractivity contribution in [2.75, 3.05) is 0 Å². The van der Waals surface area contributed by atoms with Crippen molar-refractivity contribution in [1.82, 2.24) is 0 Å². The molecule has 0 radical (unpaired) electrons. The molecule has 0 aliphatic carbocycles. The van der Waals surface area contributed by atoms with Gasteiger partial charge >= 0.3 is 0 Å². The van der Waals surface area contributed by atoms with Crippen LogP contribution < -0.4 is 15.6 Å². The van der Waals surface area contributed by atoms with E-state index in [9.17, 15) is 0 Å². The lowest BCUT2D eigenvalue weighted by molar-refractivity contribution is 1.68. The lowest BCUT2D eigenvalue weighted by Crippen LogP contribution is -2.65. The molecule has 0 heterocycles. The van der Waals surface area contributed by atoms with Gasteiger partial charge in [0, 0.05) is 0 Å². The number of fused-ring (bicyclic) bond motifs is 5. The van der Waals surface area contributed by atoms with Crippen LogP contribution in [0.1, 0.15) is 0 Å². The monoisotopic (exact) mass is 800 g/mol. The molecule has 0 aliphatic heterocycles. The summed E-state index contributed by atoms with van der Waals surface area (Å²) in [7, 11) is -2.76. The number of hydrogen-bond acceptors (Lipinski definition) is 0. The third-order valence-electron chi connectivity index (χ3n) is 14.1. The first kappa shape index (κ1) is 35.2. The first-order valence-electron chi connectivity index (χ1n) is 21.7. The molecule has 0 saturated heterocycles. The highest BCUT2D eigenvalue weighted by molar-refractivity contribution is 7.12. The van der Waals surface area contributed by atoms with Crippen LogP contribution in [-0.4, -0.2) is 8.07 Å². The van der Waals surface area contributed by atoms with Crippen LogP contribution in [0.5, 0.6) is 0 Å². The Morgan fingerprint density at radius 3 is 1.45 bits per heavy atom. The van der Waals surface area contributed by atoms with Crippen LogP contribution in [0.25, 0.3) is 108 Å². The fourth-order valence-corrected chi connectivity index (χ4v) is 15.3. The summed E-state index contributed by atoms with van der Waals surface area (Å²) in [5.41, 5.74) is 5.09. The van der Waals surface area contributed by atoms with Crippen molar-refractivity contribution in [1.29, 1.82) is 0 Å². The summed E-state index contributed by atoms with van der Waals surface area (Å²) in [5.74, 6) is 0. The van der Waals surface area contributed by atoms with Gasteiger partial charge in [-0.1, -0.05) is 225 Å². The van der Waals surface area contributed by atoms with Crippen molar-refractivity contribution in [2.45, 2.75) is 6.55 Å². The van der Waals surface area contributed by atoms with E-state index in [4.69, 9.17) is 0 Å². The summed E-state index contributed by atoms with van der Waals surface area (Å²) in [5, 5.41) is 25.1. The van der Waals surface area contributed by atoms with E-state index in [2.05, 4.69) is 231 Å². The molecule has 0 aliphatic rings. The molecular formula is C61H40Si. The summed E-state index contributed by atoms with van der Waals surface area (Å²) in [6, 6.07) is 85.0. The van der Waals surface area contributed by atoms with Gasteiger partial charge in [-0.3, -0.25) is 0 Å². The van der Waals surface area contributed by atoms with E-state index in [1.807, 2.05) is 0 Å². The molecule has 0 N–H and O–H groups in total. The molecule has 62 heavy (non-hydrogen) atoms. The van der Waals surface area contributed by atoms with Crippen LogP contribution in [0.2, 0.25) is 6.55 Å². The first-order valence-corrected chi connectivity index (χ1v) is 24.2. The van der Waals surface area contributed by atoms with E-state index in [1.165, 1.54) is 124 Å². The zero-order valence-electron chi connectivity index (χ0n) is 34.4. The van der Waals surface area contributed by atoms with Crippen LogP contribution in [0.15, 0.2) is 224 Å². The Morgan fingerprint density at radius 1 is 0.274 bits per heavy atom. The highest BCUT2D eigenvalue weighted by Crippen LogP contribution is 2.46. The standard InChI is InChI=1S/C61H40Si/c1-62(47-34-31-40-14-3-5-16-45(40)38-47,57-36-33-43-29-28-41-17-10-18-42-32-35-55(57)60(43)58(41)42)56-26-12-23-48-49(56)24-11-25-50(48)61-53-21-8-6-19-51(53)59(52-20-7-9-22-54(52)61)46-30-27-39-13-2-4-15-44(39)37-46/h2-38H,1H3. The Balaban J connectivity index is 1.11. The van der Waals surface area contributed by atoms with Gasteiger partial charge in [0.2, 0.25) is 0 Å². The molecule has 0 saturated carbocycles. The lowest BCUT2D eigenvalue weighted by Gasteiger charge is -2.33. The van der Waals surface area contributed by atoms with Crippen molar-refractivity contribution >= 4 is 110 Å². The second-order valence-corrected chi connectivity index (χ2v) is 21.2. The molecule has 0 bridgehead atoms. The minimum Gasteiger partial charge on any atom is -0.0617 e. The third-order valence-corrected chi connectivity index (χ3v) is 18.6. The molecule has 0 spiro atoms. The Morgan fingerprint density at radius 2 is 0.742 bits per heavy atom. The lowest BCUT2D eigenvalue weighted by atomic mass is 9.84. The van der Waals surface area contributed by atoms with Crippen LogP contribution in [0, 0.1) is 0 Å². The fraction of sp³-hybridized carbons (Fsp3) is 0.0164. The topological polar surface area (TPSA) is 0 Å². The van der Waals surface area contributed by atoms with Gasteiger partial charge in [-0.05, 0) is 130 Å². The fourth-order valence-electron chi connectivity index (χ4n) is 11.2. The van der Waals surface area contributed by atoms with Crippen molar-refractivity contribution in [3.63, 3.8) is 0 Å². The predicted molar refractivity (Wildman–Crippen MR) is 272 cm³/mol.